The number of sulfonamides is 1. The first-order chi connectivity index (χ1) is 12.1. The maximum Gasteiger partial charge on any atom is 0.245 e. The van der Waals surface area contributed by atoms with Crippen LogP contribution < -0.4 is 14.4 Å². The van der Waals surface area contributed by atoms with E-state index >= 15 is 0 Å². The third kappa shape index (κ3) is 5.17. The molecule has 0 saturated carbocycles. The fraction of sp³-hybridized carbons (Fsp3) is 0.188. The highest BCUT2D eigenvalue weighted by Gasteiger charge is 2.23. The molecule has 2 rings (SSSR count). The number of ether oxygens (including phenoxy) is 1. The van der Waals surface area contributed by atoms with Gasteiger partial charge in [0.1, 0.15) is 12.3 Å². The lowest BCUT2D eigenvalue weighted by Gasteiger charge is -2.23. The highest BCUT2D eigenvalue weighted by molar-refractivity contribution is 7.92. The first-order valence-corrected chi connectivity index (χ1v) is 10.2. The molecular weight excluding hydrogens is 423 g/mol. The number of carbonyl (C=O) groups excluding carboxylic acids is 1. The molecule has 0 aliphatic heterocycles. The zero-order chi connectivity index (χ0) is 19.5. The number of rotatable bonds is 6. The number of hydrogen-bond donors (Lipinski definition) is 1. The van der Waals surface area contributed by atoms with Crippen molar-refractivity contribution in [2.45, 2.75) is 0 Å². The van der Waals surface area contributed by atoms with E-state index in [9.17, 15) is 13.2 Å². The summed E-state index contributed by atoms with van der Waals surface area (Å²) in [6.07, 6.45) is 0.974. The van der Waals surface area contributed by atoms with Crippen molar-refractivity contribution in [1.82, 2.24) is 0 Å². The zero-order valence-electron chi connectivity index (χ0n) is 13.8. The minimum atomic E-state index is -3.78. The maximum absolute atomic E-state index is 12.3. The highest BCUT2D eigenvalue weighted by atomic mass is 35.5. The number of benzene rings is 2. The van der Waals surface area contributed by atoms with Crippen LogP contribution in [0.1, 0.15) is 0 Å². The van der Waals surface area contributed by atoms with Gasteiger partial charge in [0.25, 0.3) is 0 Å². The van der Waals surface area contributed by atoms with Crippen LogP contribution in [0.25, 0.3) is 0 Å². The number of hydrogen-bond acceptors (Lipinski definition) is 4. The summed E-state index contributed by atoms with van der Waals surface area (Å²) in [5.74, 6) is -0.124. The van der Waals surface area contributed by atoms with E-state index in [-0.39, 0.29) is 10.7 Å². The molecule has 10 heteroatoms. The van der Waals surface area contributed by atoms with Crippen molar-refractivity contribution in [3.05, 3.63) is 51.5 Å². The summed E-state index contributed by atoms with van der Waals surface area (Å²) in [7, 11) is -2.31. The summed E-state index contributed by atoms with van der Waals surface area (Å²) >= 11 is 18.0. The van der Waals surface area contributed by atoms with Gasteiger partial charge in [0.05, 0.1) is 29.1 Å². The predicted molar refractivity (Wildman–Crippen MR) is 105 cm³/mol. The minimum Gasteiger partial charge on any atom is -0.495 e. The van der Waals surface area contributed by atoms with E-state index in [4.69, 9.17) is 39.5 Å². The van der Waals surface area contributed by atoms with Crippen LogP contribution in [0, 0.1) is 0 Å². The van der Waals surface area contributed by atoms with Crippen molar-refractivity contribution in [3.63, 3.8) is 0 Å². The molecule has 0 atom stereocenters. The molecule has 0 aromatic heterocycles. The van der Waals surface area contributed by atoms with Crippen molar-refractivity contribution in [2.75, 3.05) is 29.5 Å². The number of anilines is 2. The molecule has 1 N–H and O–H groups in total. The Balaban J connectivity index is 2.25. The SMILES string of the molecule is COc1ccc(NC(=O)CN(c2cc(Cl)ccc2Cl)S(C)(=O)=O)cc1Cl. The standard InChI is InChI=1S/C16H15Cl3N2O4S/c1-25-15-6-4-11(8-13(15)19)20-16(22)9-21(26(2,23)24)14-7-10(17)3-5-12(14)18/h3-8H,9H2,1-2H3,(H,20,22). The number of nitrogens with zero attached hydrogens (tertiary/aromatic N) is 1. The molecule has 6 nitrogen and oxygen atoms in total. The lowest BCUT2D eigenvalue weighted by atomic mass is 10.3. The van der Waals surface area contributed by atoms with Gasteiger partial charge in [0.15, 0.2) is 0 Å². The summed E-state index contributed by atoms with van der Waals surface area (Å²) in [6.45, 7) is -0.484. The van der Waals surface area contributed by atoms with Gasteiger partial charge in [-0.05, 0) is 36.4 Å². The predicted octanol–water partition coefficient (Wildman–Crippen LogP) is 4.06. The van der Waals surface area contributed by atoms with E-state index in [1.165, 1.54) is 31.4 Å². The number of amides is 1. The molecular formula is C16H15Cl3N2O4S. The second-order valence-corrected chi connectivity index (χ2v) is 8.42. The van der Waals surface area contributed by atoms with Crippen LogP contribution in [0.4, 0.5) is 11.4 Å². The van der Waals surface area contributed by atoms with Crippen molar-refractivity contribution in [2.24, 2.45) is 0 Å². The summed E-state index contributed by atoms with van der Waals surface area (Å²) in [6, 6.07) is 9.02. The summed E-state index contributed by atoms with van der Waals surface area (Å²) in [5, 5.41) is 3.33. The molecule has 26 heavy (non-hydrogen) atoms. The van der Waals surface area contributed by atoms with Crippen LogP contribution in [0.5, 0.6) is 5.75 Å². The molecule has 0 heterocycles. The molecule has 0 bridgehead atoms. The quantitative estimate of drug-likeness (QED) is 0.739. The van der Waals surface area contributed by atoms with Gasteiger partial charge in [-0.2, -0.15) is 0 Å². The van der Waals surface area contributed by atoms with E-state index in [2.05, 4.69) is 5.32 Å². The third-order valence-corrected chi connectivity index (χ3v) is 5.28. The van der Waals surface area contributed by atoms with E-state index in [1.807, 2.05) is 0 Å². The average molecular weight is 438 g/mol. The van der Waals surface area contributed by atoms with E-state index in [0.29, 0.717) is 21.5 Å². The van der Waals surface area contributed by atoms with Crippen molar-refractivity contribution in [1.29, 1.82) is 0 Å². The van der Waals surface area contributed by atoms with E-state index in [0.717, 1.165) is 10.6 Å². The van der Waals surface area contributed by atoms with Crippen LogP contribution in [0.15, 0.2) is 36.4 Å². The third-order valence-electron chi connectivity index (χ3n) is 3.30. The summed E-state index contributed by atoms with van der Waals surface area (Å²) in [4.78, 5) is 12.3. The van der Waals surface area contributed by atoms with Crippen LogP contribution in [-0.4, -0.2) is 34.2 Å². The topological polar surface area (TPSA) is 75.7 Å². The largest absolute Gasteiger partial charge is 0.495 e. The number of halogens is 3. The van der Waals surface area contributed by atoms with Crippen LogP contribution in [-0.2, 0) is 14.8 Å². The lowest BCUT2D eigenvalue weighted by Crippen LogP contribution is -2.37. The molecule has 0 unspecified atom stereocenters. The van der Waals surface area contributed by atoms with Crippen LogP contribution in [0.3, 0.4) is 0 Å². The molecule has 2 aromatic carbocycles. The van der Waals surface area contributed by atoms with Crippen molar-refractivity contribution >= 4 is 62.1 Å². The molecule has 1 amide bonds. The lowest BCUT2D eigenvalue weighted by molar-refractivity contribution is -0.114. The van der Waals surface area contributed by atoms with Gasteiger partial charge in [-0.3, -0.25) is 9.10 Å². The van der Waals surface area contributed by atoms with Gasteiger partial charge < -0.3 is 10.1 Å². The fourth-order valence-corrected chi connectivity index (χ4v) is 3.69. The van der Waals surface area contributed by atoms with Crippen molar-refractivity contribution < 1.29 is 17.9 Å². The number of methoxy groups -OCH3 is 1. The van der Waals surface area contributed by atoms with Gasteiger partial charge in [-0.15, -0.1) is 0 Å². The second kappa shape index (κ2) is 8.35. The van der Waals surface area contributed by atoms with Crippen LogP contribution >= 0.6 is 34.8 Å². The smallest absolute Gasteiger partial charge is 0.245 e. The Hall–Kier alpha value is -1.67. The molecule has 0 aliphatic carbocycles. The van der Waals surface area contributed by atoms with E-state index in [1.54, 1.807) is 12.1 Å². The minimum absolute atomic E-state index is 0.115. The van der Waals surface area contributed by atoms with Gasteiger partial charge in [-0.25, -0.2) is 8.42 Å². The van der Waals surface area contributed by atoms with Gasteiger partial charge in [0, 0.05) is 10.7 Å². The average Bonchev–Trinajstić information content (AvgIpc) is 2.54. The number of carbonyl (C=O) groups is 1. The van der Waals surface area contributed by atoms with E-state index < -0.39 is 22.5 Å². The highest BCUT2D eigenvalue weighted by Crippen LogP contribution is 2.31. The molecule has 0 spiro atoms. The number of nitrogens with one attached hydrogen (secondary N) is 1. The first kappa shape index (κ1) is 20.6. The molecule has 0 aliphatic rings. The molecule has 0 radical (unpaired) electrons. The second-order valence-electron chi connectivity index (χ2n) is 5.26. The molecule has 140 valence electrons. The fourth-order valence-electron chi connectivity index (χ4n) is 2.13. The van der Waals surface area contributed by atoms with Gasteiger partial charge >= 0.3 is 0 Å². The summed E-state index contributed by atoms with van der Waals surface area (Å²) in [5.41, 5.74) is 0.510. The Bertz CT molecular complexity index is 935. The van der Waals surface area contributed by atoms with Crippen LogP contribution in [0.2, 0.25) is 15.1 Å². The first-order valence-electron chi connectivity index (χ1n) is 7.18. The van der Waals surface area contributed by atoms with Gasteiger partial charge in [-0.1, -0.05) is 34.8 Å². The summed E-state index contributed by atoms with van der Waals surface area (Å²) < 4.78 is 30.2. The van der Waals surface area contributed by atoms with Gasteiger partial charge in [0.2, 0.25) is 15.9 Å². The molecule has 0 saturated heterocycles. The zero-order valence-corrected chi connectivity index (χ0v) is 16.9. The van der Waals surface area contributed by atoms with Crippen molar-refractivity contribution in [3.8, 4) is 5.75 Å². The normalized spacial score (nSPS) is 11.1. The Kier molecular flexibility index (Phi) is 6.63. The molecule has 2 aromatic rings. The molecule has 0 fully saturated rings. The maximum atomic E-state index is 12.3. The Morgan fingerprint density at radius 1 is 1.12 bits per heavy atom. The Morgan fingerprint density at radius 3 is 2.38 bits per heavy atom. The monoisotopic (exact) mass is 436 g/mol. The Morgan fingerprint density at radius 2 is 1.81 bits per heavy atom. The Labute approximate surface area is 166 Å².